The van der Waals surface area contributed by atoms with Gasteiger partial charge in [0.2, 0.25) is 51.2 Å². The molecule has 24 nitrogen and oxygen atoms in total. The highest BCUT2D eigenvalue weighted by atomic mass is 32.1. The molecule has 0 N–H and O–H groups in total. The molecule has 0 spiro atoms. The van der Waals surface area contributed by atoms with Gasteiger partial charge in [-0.3, -0.25) is 24.9 Å². The van der Waals surface area contributed by atoms with Crippen molar-refractivity contribution in [1.29, 1.82) is 0 Å². The first kappa shape index (κ1) is 68.7. The zero-order valence-electron chi connectivity index (χ0n) is 70.9. The summed E-state index contributed by atoms with van der Waals surface area (Å²) in [6.07, 6.45) is 18.1. The summed E-state index contributed by atoms with van der Waals surface area (Å²) in [4.78, 5) is 47.6. The number of fused-ring (bicyclic) bond motifs is 35. The van der Waals surface area contributed by atoms with Crippen LogP contribution in [0, 0.1) is 0 Å². The molecule has 0 saturated carbocycles. The summed E-state index contributed by atoms with van der Waals surface area (Å²) >= 11 is 1.67. The number of thiophene rings is 1. The number of nitrogens with zero attached hydrogens (tertiary/aromatic N) is 22. The first-order valence-electron chi connectivity index (χ1n) is 43.4. The molecule has 127 heavy (non-hydrogen) atoms. The lowest BCUT2D eigenvalue weighted by atomic mass is 10.2. The topological polar surface area (TPSA) is 209 Å². The molecule has 30 rings (SSSR count). The van der Waals surface area contributed by atoms with Crippen molar-refractivity contribution in [3.63, 3.8) is 0 Å². The summed E-state index contributed by atoms with van der Waals surface area (Å²) in [5, 5.41) is 5.23. The number of furan rings is 1. The van der Waals surface area contributed by atoms with Crippen molar-refractivity contribution in [1.82, 2.24) is 81.8 Å². The van der Waals surface area contributed by atoms with E-state index in [1.807, 2.05) is 163 Å². The third kappa shape index (κ3) is 10.7. The molecule has 20 aromatic heterocycles. The molecular formula is C102H71N22O2S+5. The van der Waals surface area contributed by atoms with Gasteiger partial charge in [-0.25, -0.2) is 66.0 Å². The van der Waals surface area contributed by atoms with Gasteiger partial charge in [0.05, 0.1) is 90.1 Å². The van der Waals surface area contributed by atoms with Crippen LogP contribution < -0.4 is 22.8 Å². The lowest BCUT2D eigenvalue weighted by Gasteiger charge is -2.04. The second-order valence-corrected chi connectivity index (χ2v) is 32.7. The monoisotopic (exact) mass is 1670 g/mol. The molecule has 0 aliphatic carbocycles. The van der Waals surface area contributed by atoms with Crippen LogP contribution in [0.5, 0.6) is 0 Å². The Kier molecular flexibility index (Phi) is 15.3. The van der Waals surface area contributed by atoms with E-state index in [9.17, 15) is 0 Å². The molecule has 602 valence electrons. The number of rotatable bonds is 5. The summed E-state index contributed by atoms with van der Waals surface area (Å²) in [7, 11) is 2.09. The van der Waals surface area contributed by atoms with Crippen LogP contribution in [0.2, 0.25) is 0 Å². The summed E-state index contributed by atoms with van der Waals surface area (Å²) in [5.41, 5.74) is 28.5. The molecule has 0 fully saturated rings. The number of pyridine rings is 10. The van der Waals surface area contributed by atoms with Gasteiger partial charge in [-0.2, -0.15) is 9.13 Å². The fourth-order valence-corrected chi connectivity index (χ4v) is 20.7. The fourth-order valence-electron chi connectivity index (χ4n) is 19.6. The molecule has 5 aliphatic heterocycles. The van der Waals surface area contributed by atoms with Gasteiger partial charge in [0.1, 0.15) is 70.7 Å². The fraction of sp³-hybridized carbons (Fsp3) is 0.0686. The Bertz CT molecular complexity index is 8930. The maximum Gasteiger partial charge on any atom is 0.384 e. The van der Waals surface area contributed by atoms with Crippen LogP contribution in [0.1, 0.15) is 32.6 Å². The molecule has 25 aromatic rings. The Balaban J connectivity index is 0.0000000862. The molecule has 0 bridgehead atoms. The van der Waals surface area contributed by atoms with Crippen molar-refractivity contribution in [2.75, 3.05) is 0 Å². The second-order valence-electron chi connectivity index (χ2n) is 31.7. The van der Waals surface area contributed by atoms with Gasteiger partial charge < -0.3 is 8.83 Å². The molecule has 0 amide bonds. The molecule has 5 aromatic carbocycles. The Morgan fingerprint density at radius 2 is 0.630 bits per heavy atom. The van der Waals surface area contributed by atoms with Crippen molar-refractivity contribution < 1.29 is 35.8 Å². The molecule has 0 unspecified atom stereocenters. The number of oxazole rings is 1. The van der Waals surface area contributed by atoms with E-state index >= 15 is 0 Å². The van der Waals surface area contributed by atoms with E-state index in [0.717, 1.165) is 187 Å². The number of aryl methyl sites for hydroxylation is 2. The first-order valence-corrected chi connectivity index (χ1v) is 42.7. The van der Waals surface area contributed by atoms with Gasteiger partial charge in [0.15, 0.2) is 23.1 Å². The highest BCUT2D eigenvalue weighted by Gasteiger charge is 2.44. The van der Waals surface area contributed by atoms with Gasteiger partial charge >= 0.3 is 16.4 Å². The Labute approximate surface area is 729 Å². The van der Waals surface area contributed by atoms with Crippen molar-refractivity contribution in [2.45, 2.75) is 32.7 Å². The van der Waals surface area contributed by atoms with E-state index in [4.69, 9.17) is 17.9 Å². The van der Waals surface area contributed by atoms with Gasteiger partial charge in [-0.15, -0.1) is 4.57 Å². The van der Waals surface area contributed by atoms with Crippen LogP contribution in [0.4, 0.5) is 0 Å². The number of hydrogen-bond acceptors (Lipinski definition) is 13. The zero-order chi connectivity index (χ0) is 86.1. The molecule has 5 aliphatic rings. The predicted molar refractivity (Wildman–Crippen MR) is 486 cm³/mol. The van der Waals surface area contributed by atoms with E-state index in [0.29, 0.717) is 30.1 Å². The molecule has 0 atom stereocenters. The van der Waals surface area contributed by atoms with Crippen molar-refractivity contribution in [3.8, 4) is 85.4 Å². The summed E-state index contributed by atoms with van der Waals surface area (Å²) < 4.78 is 63.0. The molecule has 25 heteroatoms. The van der Waals surface area contributed by atoms with Crippen molar-refractivity contribution >= 4 is 121 Å². The highest BCUT2D eigenvalue weighted by Crippen LogP contribution is 2.44. The molecular weight excluding hydrogens is 1600 g/mol. The number of aromatic nitrogens is 22. The van der Waals surface area contributed by atoms with E-state index < -0.39 is 6.98 Å². The van der Waals surface area contributed by atoms with E-state index in [1.54, 1.807) is 29.9 Å². The molecule has 0 radical (unpaired) electrons. The Morgan fingerprint density at radius 3 is 1.11 bits per heavy atom. The van der Waals surface area contributed by atoms with Crippen LogP contribution in [0.15, 0.2) is 344 Å². The quantitative estimate of drug-likeness (QED) is 0.147. The normalized spacial score (nSPS) is 13.1. The minimum absolute atomic E-state index is 0.460. The average Bonchev–Trinajstić information content (AvgIpc) is 1.51. The van der Waals surface area contributed by atoms with Gasteiger partial charge in [0.25, 0.3) is 22.8 Å². The number of imidazole rings is 4. The third-order valence-corrected chi connectivity index (χ3v) is 25.9. The van der Waals surface area contributed by atoms with Crippen LogP contribution in [0.25, 0.3) is 195 Å². The van der Waals surface area contributed by atoms with E-state index in [2.05, 4.69) is 255 Å². The third-order valence-electron chi connectivity index (χ3n) is 24.8. The smallest absolute Gasteiger partial charge is 0.384 e. The highest BCUT2D eigenvalue weighted by molar-refractivity contribution is 7.24. The molecule has 25 heterocycles. The second kappa shape index (κ2) is 28.3. The largest absolute Gasteiger partial charge is 0.400 e. The maximum atomic E-state index is 8.21. The zero-order valence-corrected chi connectivity index (χ0v) is 68.7. The Morgan fingerprint density at radius 1 is 0.291 bits per heavy atom. The summed E-state index contributed by atoms with van der Waals surface area (Å²) in [6, 6.07) is 92.6. The number of para-hydroxylation sites is 5. The first-order chi connectivity index (χ1) is 64.1. The lowest BCUT2D eigenvalue weighted by molar-refractivity contribution is -0.652. The maximum absolute atomic E-state index is 8.21. The lowest BCUT2D eigenvalue weighted by Crippen LogP contribution is -2.33. The van der Waals surface area contributed by atoms with Crippen LogP contribution >= 0.6 is 11.3 Å². The van der Waals surface area contributed by atoms with Gasteiger partial charge in [0, 0.05) is 62.0 Å². The van der Waals surface area contributed by atoms with Crippen molar-refractivity contribution in [3.05, 3.63) is 363 Å². The van der Waals surface area contributed by atoms with Crippen LogP contribution in [0.3, 0.4) is 0 Å². The van der Waals surface area contributed by atoms with Crippen LogP contribution in [-0.2, 0) is 46.7 Å². The SMILES string of the molecule is Cn1c2ncccc2c2c1[n+]1c(n2-c2ccccc2)-c2cccnc2C1.[2H]C([2H])([2H])n1c2ncccc2c2c1[n+]1c(n2-c2ccccc2)-c2cccnc2C1.c1ccc(-n2c3[n+](c4c2c2cccnc2n4-c2ccccc2)Cc2ncccc2-3)cc1.c1ccc(-n2c3[n+](c4oc5ncccc5c42)Cc2ncccc2-3)cc1.c1cnc2c(c1)-c1oc3c4cccnc4sc3[n+]1C2. The van der Waals surface area contributed by atoms with Crippen molar-refractivity contribution in [2.24, 2.45) is 14.0 Å². The minimum atomic E-state index is -2.36. The summed E-state index contributed by atoms with van der Waals surface area (Å²) in [5.74, 6) is 5.30. The standard InChI is InChI=1S/C26H18N5.2C21H16N5.C20H13N4O.C14H8N3OS/c1-3-9-18(10-4-1)30-23-21-14-8-16-28-24(21)31(19-11-5-2-6-12-19)26(23)29-17-22-20(25(29)30)13-7-15-27-22;2*1-24-19-16(10-6-12-23-19)18-21(24)25-13-17-15(9-5-11-22-17)20(25)26(18)14-7-3-2-4-8-14;1-2-6-13(7-3-1)24-17-15-9-5-11-22-18(15)25-20(17)23-12-16-14(19(23)24)8-4-10-21-16;1-3-8-10(15-5-1)7-17-13(8)18-11-9-4-2-6-16-12(9)19-14(11)17/h1-16H,17H2;2*2-12H,13H2,1H3;1-11H,12H2;1-6H,7H2/q5*+1/i;1D3;;;. The van der Waals surface area contributed by atoms with E-state index in [-0.39, 0.29) is 0 Å². The average molecular weight is 1670 g/mol. The van der Waals surface area contributed by atoms with Gasteiger partial charge in [-0.05, 0) is 193 Å². The number of benzene rings is 5. The van der Waals surface area contributed by atoms with Crippen LogP contribution in [-0.4, -0.2) is 81.8 Å². The number of hydrogen-bond donors (Lipinski definition) is 0. The summed E-state index contributed by atoms with van der Waals surface area (Å²) in [6.45, 7) is 1.18. The predicted octanol–water partition coefficient (Wildman–Crippen LogP) is 17.4. The molecule has 0 saturated heterocycles. The van der Waals surface area contributed by atoms with E-state index in [1.165, 1.54) is 43.6 Å². The van der Waals surface area contributed by atoms with Gasteiger partial charge in [-0.1, -0.05) is 91.0 Å². The minimum Gasteiger partial charge on any atom is -0.400 e. The Hall–Kier alpha value is -16.9.